The van der Waals surface area contributed by atoms with Crippen LogP contribution in [0.5, 0.6) is 0 Å². The van der Waals surface area contributed by atoms with E-state index in [0.29, 0.717) is 0 Å². The van der Waals surface area contributed by atoms with Crippen LogP contribution in [-0.2, 0) is 0 Å². The van der Waals surface area contributed by atoms with Crippen molar-refractivity contribution in [1.82, 2.24) is 9.13 Å². The normalized spacial score (nSPS) is 11.6. The fourth-order valence-corrected chi connectivity index (χ4v) is 8.65. The van der Waals surface area contributed by atoms with E-state index >= 15 is 0 Å². The van der Waals surface area contributed by atoms with Gasteiger partial charge in [0.25, 0.3) is 0 Å². The average molecular weight is 698 g/mol. The standard InChI is InChI=1S/C49H35N3S/c1-53-49-22-12-8-15-40(49)34-23-32-44-43-18-7-11-21-47(43)52(48(44)33-34)39-30-26-37(27-31-39)50(35-13-3-2-4-14-35)36-24-28-38(29-25-36)51-45-19-9-5-16-41(45)42-17-6-10-20-46(42)51/h2-33H,1H3. The molecule has 0 saturated heterocycles. The van der Waals surface area contributed by atoms with Gasteiger partial charge in [-0.05, 0) is 108 Å². The van der Waals surface area contributed by atoms with E-state index in [0.717, 1.165) is 28.4 Å². The zero-order valence-corrected chi connectivity index (χ0v) is 30.0. The molecule has 4 heteroatoms. The fraction of sp³-hybridized carbons (Fsp3) is 0.0204. The molecule has 0 fully saturated rings. The van der Waals surface area contributed by atoms with Gasteiger partial charge in [0.05, 0.1) is 22.1 Å². The minimum Gasteiger partial charge on any atom is -0.311 e. The predicted molar refractivity (Wildman–Crippen MR) is 227 cm³/mol. The molecule has 2 aromatic heterocycles. The molecule has 0 N–H and O–H groups in total. The molecule has 0 atom stereocenters. The zero-order valence-electron chi connectivity index (χ0n) is 29.2. The number of hydrogen-bond donors (Lipinski definition) is 0. The molecule has 0 aliphatic carbocycles. The number of hydrogen-bond acceptors (Lipinski definition) is 2. The second-order valence-electron chi connectivity index (χ2n) is 13.4. The summed E-state index contributed by atoms with van der Waals surface area (Å²) in [4.78, 5) is 3.62. The predicted octanol–water partition coefficient (Wildman–Crippen LogP) is 13.7. The number of anilines is 3. The Morgan fingerprint density at radius 2 is 0.811 bits per heavy atom. The Morgan fingerprint density at radius 1 is 0.377 bits per heavy atom. The van der Waals surface area contributed by atoms with E-state index in [4.69, 9.17) is 0 Å². The van der Waals surface area contributed by atoms with Gasteiger partial charge in [0.2, 0.25) is 0 Å². The maximum Gasteiger partial charge on any atom is 0.0547 e. The number of para-hydroxylation sites is 4. The van der Waals surface area contributed by atoms with Gasteiger partial charge < -0.3 is 14.0 Å². The van der Waals surface area contributed by atoms with E-state index in [1.54, 1.807) is 11.8 Å². The van der Waals surface area contributed by atoms with Gasteiger partial charge in [-0.1, -0.05) is 103 Å². The van der Waals surface area contributed by atoms with Crippen molar-refractivity contribution in [2.45, 2.75) is 4.90 Å². The smallest absolute Gasteiger partial charge is 0.0547 e. The van der Waals surface area contributed by atoms with Crippen molar-refractivity contribution in [3.05, 3.63) is 194 Å². The van der Waals surface area contributed by atoms with Crippen molar-refractivity contribution in [2.24, 2.45) is 0 Å². The van der Waals surface area contributed by atoms with E-state index in [-0.39, 0.29) is 0 Å². The van der Waals surface area contributed by atoms with Crippen LogP contribution in [0, 0.1) is 0 Å². The number of fused-ring (bicyclic) bond motifs is 6. The first-order chi connectivity index (χ1) is 26.3. The van der Waals surface area contributed by atoms with Gasteiger partial charge in [0, 0.05) is 54.9 Å². The first-order valence-electron chi connectivity index (χ1n) is 18.0. The highest BCUT2D eigenvalue weighted by Crippen LogP contribution is 2.40. The highest BCUT2D eigenvalue weighted by Gasteiger charge is 2.17. The molecule has 0 aliphatic heterocycles. The molecule has 0 unspecified atom stereocenters. The molecule has 0 bridgehead atoms. The lowest BCUT2D eigenvalue weighted by atomic mass is 10.0. The maximum absolute atomic E-state index is 2.41. The van der Waals surface area contributed by atoms with Crippen LogP contribution < -0.4 is 4.90 Å². The second kappa shape index (κ2) is 12.9. The molecule has 0 saturated carbocycles. The summed E-state index contributed by atoms with van der Waals surface area (Å²) >= 11 is 1.79. The Morgan fingerprint density at radius 3 is 1.36 bits per heavy atom. The van der Waals surface area contributed by atoms with E-state index in [9.17, 15) is 0 Å². The summed E-state index contributed by atoms with van der Waals surface area (Å²) in [7, 11) is 0. The Labute approximate surface area is 313 Å². The van der Waals surface area contributed by atoms with Crippen molar-refractivity contribution >= 4 is 72.4 Å². The van der Waals surface area contributed by atoms with Crippen molar-refractivity contribution in [3.8, 4) is 22.5 Å². The Hall–Kier alpha value is -6.49. The summed E-state index contributed by atoms with van der Waals surface area (Å²) < 4.78 is 4.78. The summed E-state index contributed by atoms with van der Waals surface area (Å²) in [6.45, 7) is 0. The van der Waals surface area contributed by atoms with Crippen LogP contribution in [0.4, 0.5) is 17.1 Å². The van der Waals surface area contributed by atoms with Crippen molar-refractivity contribution in [1.29, 1.82) is 0 Å². The van der Waals surface area contributed by atoms with Gasteiger partial charge in [0.1, 0.15) is 0 Å². The number of nitrogens with zero attached hydrogens (tertiary/aromatic N) is 3. The van der Waals surface area contributed by atoms with E-state index < -0.39 is 0 Å². The third kappa shape index (κ3) is 5.22. The van der Waals surface area contributed by atoms with Crippen LogP contribution in [-0.4, -0.2) is 15.4 Å². The summed E-state index contributed by atoms with van der Waals surface area (Å²) in [5, 5.41) is 5.04. The first kappa shape index (κ1) is 31.3. The summed E-state index contributed by atoms with van der Waals surface area (Å²) in [6, 6.07) is 70.2. The third-order valence-corrected chi connectivity index (χ3v) is 11.2. The van der Waals surface area contributed by atoms with Gasteiger partial charge in [-0.2, -0.15) is 0 Å². The highest BCUT2D eigenvalue weighted by molar-refractivity contribution is 7.98. The number of thioether (sulfide) groups is 1. The Kier molecular flexibility index (Phi) is 7.63. The van der Waals surface area contributed by atoms with E-state index in [2.05, 4.69) is 214 Å². The molecule has 2 heterocycles. The maximum atomic E-state index is 2.41. The molecule has 3 nitrogen and oxygen atoms in total. The lowest BCUT2D eigenvalue weighted by Gasteiger charge is -2.26. The lowest BCUT2D eigenvalue weighted by molar-refractivity contribution is 1.17. The van der Waals surface area contributed by atoms with Gasteiger partial charge >= 0.3 is 0 Å². The monoisotopic (exact) mass is 697 g/mol. The number of rotatable bonds is 7. The lowest BCUT2D eigenvalue weighted by Crippen LogP contribution is -2.10. The van der Waals surface area contributed by atoms with Crippen LogP contribution >= 0.6 is 11.8 Å². The van der Waals surface area contributed by atoms with Gasteiger partial charge in [0.15, 0.2) is 0 Å². The van der Waals surface area contributed by atoms with Crippen LogP contribution in [0.2, 0.25) is 0 Å². The quantitative estimate of drug-likeness (QED) is 0.154. The molecular formula is C49H35N3S. The highest BCUT2D eigenvalue weighted by atomic mass is 32.2. The van der Waals surface area contributed by atoms with Crippen LogP contribution in [0.1, 0.15) is 0 Å². The van der Waals surface area contributed by atoms with Gasteiger partial charge in [-0.25, -0.2) is 0 Å². The molecule has 252 valence electrons. The van der Waals surface area contributed by atoms with Gasteiger partial charge in [-0.3, -0.25) is 0 Å². The molecular weight excluding hydrogens is 663 g/mol. The van der Waals surface area contributed by atoms with Crippen LogP contribution in [0.15, 0.2) is 199 Å². The van der Waals surface area contributed by atoms with Crippen molar-refractivity contribution < 1.29 is 0 Å². The summed E-state index contributed by atoms with van der Waals surface area (Å²) in [5.74, 6) is 0. The molecule has 0 aliphatic rings. The molecule has 0 spiro atoms. The SMILES string of the molecule is CSc1ccccc1-c1ccc2c3ccccc3n(-c3ccc(N(c4ccccc4)c4ccc(-n5c6ccccc6c6ccccc65)cc4)cc3)c2c1. The Balaban J connectivity index is 1.08. The number of aromatic nitrogens is 2. The molecule has 10 aromatic rings. The molecule has 8 aromatic carbocycles. The minimum absolute atomic E-state index is 1.10. The van der Waals surface area contributed by atoms with Crippen LogP contribution in [0.3, 0.4) is 0 Å². The molecule has 53 heavy (non-hydrogen) atoms. The Bertz CT molecular complexity index is 2870. The minimum atomic E-state index is 1.10. The largest absolute Gasteiger partial charge is 0.311 e. The second-order valence-corrected chi connectivity index (χ2v) is 14.2. The molecule has 0 amide bonds. The van der Waals surface area contributed by atoms with Crippen molar-refractivity contribution in [2.75, 3.05) is 11.2 Å². The first-order valence-corrected chi connectivity index (χ1v) is 19.2. The average Bonchev–Trinajstić information content (AvgIpc) is 3.74. The fourth-order valence-electron chi connectivity index (χ4n) is 8.03. The zero-order chi connectivity index (χ0) is 35.3. The molecule has 10 rings (SSSR count). The van der Waals surface area contributed by atoms with Crippen molar-refractivity contribution in [3.63, 3.8) is 0 Å². The topological polar surface area (TPSA) is 13.1 Å². The van der Waals surface area contributed by atoms with E-state index in [1.165, 1.54) is 59.6 Å². The summed E-state index contributed by atoms with van der Waals surface area (Å²) in [6.07, 6.45) is 2.15. The number of benzene rings is 8. The third-order valence-electron chi connectivity index (χ3n) is 10.4. The van der Waals surface area contributed by atoms with Crippen LogP contribution in [0.25, 0.3) is 66.1 Å². The summed E-state index contributed by atoms with van der Waals surface area (Å²) in [5.41, 5.74) is 12.9. The van der Waals surface area contributed by atoms with E-state index in [1.807, 2.05) is 0 Å². The molecule has 0 radical (unpaired) electrons. The van der Waals surface area contributed by atoms with Gasteiger partial charge in [-0.15, -0.1) is 11.8 Å².